The standard InChI is InChI=1S/C14H17NO2/c1-4-15(5-2)14-9-12(16)11-8-10(3)6-7-13(11)17-14/h6-9H,4-5H2,1-3H3. The van der Waals surface area contributed by atoms with Crippen LogP contribution in [0.1, 0.15) is 19.4 Å². The third kappa shape index (κ3) is 2.18. The van der Waals surface area contributed by atoms with Gasteiger partial charge in [0.25, 0.3) is 0 Å². The maximum Gasteiger partial charge on any atom is 0.199 e. The van der Waals surface area contributed by atoms with E-state index in [1.54, 1.807) is 6.07 Å². The van der Waals surface area contributed by atoms with Gasteiger partial charge in [0.05, 0.1) is 5.39 Å². The van der Waals surface area contributed by atoms with Crippen LogP contribution >= 0.6 is 0 Å². The fraction of sp³-hybridized carbons (Fsp3) is 0.357. The van der Waals surface area contributed by atoms with Crippen LogP contribution in [0.15, 0.2) is 33.5 Å². The Morgan fingerprint density at radius 3 is 2.53 bits per heavy atom. The van der Waals surface area contributed by atoms with Gasteiger partial charge in [-0.1, -0.05) is 11.6 Å². The van der Waals surface area contributed by atoms with E-state index in [4.69, 9.17) is 4.42 Å². The van der Waals surface area contributed by atoms with Crippen LogP contribution in [-0.2, 0) is 0 Å². The maximum atomic E-state index is 12.0. The molecule has 0 aliphatic heterocycles. The SMILES string of the molecule is CCN(CC)c1cc(=O)c2cc(C)ccc2o1. The summed E-state index contributed by atoms with van der Waals surface area (Å²) >= 11 is 0. The predicted molar refractivity (Wildman–Crippen MR) is 70.8 cm³/mol. The van der Waals surface area contributed by atoms with E-state index < -0.39 is 0 Å². The van der Waals surface area contributed by atoms with Crippen molar-refractivity contribution in [3.05, 3.63) is 40.1 Å². The highest BCUT2D eigenvalue weighted by molar-refractivity contribution is 5.78. The Hall–Kier alpha value is -1.77. The van der Waals surface area contributed by atoms with Crippen LogP contribution in [0.4, 0.5) is 5.88 Å². The summed E-state index contributed by atoms with van der Waals surface area (Å²) in [7, 11) is 0. The van der Waals surface area contributed by atoms with Crippen molar-refractivity contribution in [1.82, 2.24) is 0 Å². The van der Waals surface area contributed by atoms with Gasteiger partial charge >= 0.3 is 0 Å². The van der Waals surface area contributed by atoms with Crippen LogP contribution in [-0.4, -0.2) is 13.1 Å². The molecule has 0 unspecified atom stereocenters. The van der Waals surface area contributed by atoms with Crippen molar-refractivity contribution < 1.29 is 4.42 Å². The van der Waals surface area contributed by atoms with Crippen LogP contribution in [0, 0.1) is 6.92 Å². The number of rotatable bonds is 3. The van der Waals surface area contributed by atoms with Gasteiger partial charge in [0, 0.05) is 19.2 Å². The molecule has 0 aliphatic carbocycles. The molecule has 0 N–H and O–H groups in total. The summed E-state index contributed by atoms with van der Waals surface area (Å²) in [6.45, 7) is 7.72. The average molecular weight is 231 g/mol. The largest absolute Gasteiger partial charge is 0.440 e. The van der Waals surface area contributed by atoms with Crippen LogP contribution in [0.25, 0.3) is 11.0 Å². The van der Waals surface area contributed by atoms with E-state index in [-0.39, 0.29) is 5.43 Å². The normalized spacial score (nSPS) is 10.8. The second kappa shape index (κ2) is 4.62. The first-order chi connectivity index (χ1) is 8.15. The molecule has 0 amide bonds. The zero-order chi connectivity index (χ0) is 12.4. The molecule has 3 heteroatoms. The first kappa shape index (κ1) is 11.7. The molecular weight excluding hydrogens is 214 g/mol. The van der Waals surface area contributed by atoms with Crippen molar-refractivity contribution in [3.8, 4) is 0 Å². The summed E-state index contributed by atoms with van der Waals surface area (Å²) in [6, 6.07) is 7.26. The molecule has 0 atom stereocenters. The average Bonchev–Trinajstić information content (AvgIpc) is 2.32. The van der Waals surface area contributed by atoms with Gasteiger partial charge < -0.3 is 9.32 Å². The lowest BCUT2D eigenvalue weighted by Gasteiger charge is -2.19. The molecule has 0 fully saturated rings. The van der Waals surface area contributed by atoms with Crippen molar-refractivity contribution in [2.45, 2.75) is 20.8 Å². The molecular formula is C14H17NO2. The zero-order valence-corrected chi connectivity index (χ0v) is 10.5. The number of benzene rings is 1. The number of anilines is 1. The number of nitrogens with zero attached hydrogens (tertiary/aromatic N) is 1. The Kier molecular flexibility index (Phi) is 3.18. The van der Waals surface area contributed by atoms with Crippen molar-refractivity contribution in [2.75, 3.05) is 18.0 Å². The minimum atomic E-state index is 0.0249. The molecule has 0 radical (unpaired) electrons. The summed E-state index contributed by atoms with van der Waals surface area (Å²) in [6.07, 6.45) is 0. The second-order valence-corrected chi connectivity index (χ2v) is 4.12. The van der Waals surface area contributed by atoms with E-state index in [0.29, 0.717) is 16.9 Å². The molecule has 0 saturated carbocycles. The first-order valence-corrected chi connectivity index (χ1v) is 5.95. The number of aryl methyl sites for hydroxylation is 1. The summed E-state index contributed by atoms with van der Waals surface area (Å²) in [5, 5.41) is 0.654. The van der Waals surface area contributed by atoms with Crippen molar-refractivity contribution in [3.63, 3.8) is 0 Å². The van der Waals surface area contributed by atoms with Crippen LogP contribution in [0.3, 0.4) is 0 Å². The van der Waals surface area contributed by atoms with E-state index in [1.807, 2.05) is 43.9 Å². The van der Waals surface area contributed by atoms with Gasteiger partial charge in [0.2, 0.25) is 0 Å². The molecule has 0 bridgehead atoms. The fourth-order valence-corrected chi connectivity index (χ4v) is 1.95. The van der Waals surface area contributed by atoms with Crippen molar-refractivity contribution >= 4 is 16.9 Å². The highest BCUT2D eigenvalue weighted by atomic mass is 16.4. The van der Waals surface area contributed by atoms with Gasteiger partial charge in [0.15, 0.2) is 11.3 Å². The Balaban J connectivity index is 2.63. The Bertz CT molecular complexity index is 582. The van der Waals surface area contributed by atoms with E-state index in [9.17, 15) is 4.79 Å². The number of fused-ring (bicyclic) bond motifs is 1. The molecule has 90 valence electrons. The van der Waals surface area contributed by atoms with Crippen molar-refractivity contribution in [2.24, 2.45) is 0 Å². The Morgan fingerprint density at radius 2 is 1.88 bits per heavy atom. The lowest BCUT2D eigenvalue weighted by molar-refractivity contribution is 0.578. The number of hydrogen-bond acceptors (Lipinski definition) is 3. The maximum absolute atomic E-state index is 12.0. The molecule has 2 rings (SSSR count). The highest BCUT2D eigenvalue weighted by Gasteiger charge is 2.09. The summed E-state index contributed by atoms with van der Waals surface area (Å²) in [4.78, 5) is 14.0. The quantitative estimate of drug-likeness (QED) is 0.814. The minimum absolute atomic E-state index is 0.0249. The molecule has 0 spiro atoms. The summed E-state index contributed by atoms with van der Waals surface area (Å²) in [5.74, 6) is 0.649. The second-order valence-electron chi connectivity index (χ2n) is 4.12. The summed E-state index contributed by atoms with van der Waals surface area (Å²) < 4.78 is 5.77. The van der Waals surface area contributed by atoms with Gasteiger partial charge in [-0.05, 0) is 32.9 Å². The lowest BCUT2D eigenvalue weighted by Crippen LogP contribution is -2.23. The Morgan fingerprint density at radius 1 is 1.18 bits per heavy atom. The van der Waals surface area contributed by atoms with E-state index in [2.05, 4.69) is 0 Å². The third-order valence-electron chi connectivity index (χ3n) is 2.94. The van der Waals surface area contributed by atoms with Crippen molar-refractivity contribution in [1.29, 1.82) is 0 Å². The zero-order valence-electron chi connectivity index (χ0n) is 10.5. The number of hydrogen-bond donors (Lipinski definition) is 0. The Labute approximate surface area is 101 Å². The lowest BCUT2D eigenvalue weighted by atomic mass is 10.1. The molecule has 0 aliphatic rings. The molecule has 0 saturated heterocycles. The predicted octanol–water partition coefficient (Wildman–Crippen LogP) is 2.95. The first-order valence-electron chi connectivity index (χ1n) is 5.95. The van der Waals surface area contributed by atoms with Gasteiger partial charge in [-0.15, -0.1) is 0 Å². The highest BCUT2D eigenvalue weighted by Crippen LogP contribution is 2.19. The minimum Gasteiger partial charge on any atom is -0.440 e. The molecule has 3 nitrogen and oxygen atoms in total. The molecule has 1 heterocycles. The molecule has 1 aromatic heterocycles. The van der Waals surface area contributed by atoms with Gasteiger partial charge in [0.1, 0.15) is 5.58 Å². The smallest absolute Gasteiger partial charge is 0.199 e. The van der Waals surface area contributed by atoms with Crippen LogP contribution < -0.4 is 10.3 Å². The van der Waals surface area contributed by atoms with Gasteiger partial charge in [-0.3, -0.25) is 4.79 Å². The van der Waals surface area contributed by atoms with Crippen LogP contribution in [0.2, 0.25) is 0 Å². The van der Waals surface area contributed by atoms with E-state index in [1.165, 1.54) is 0 Å². The molecule has 1 aromatic carbocycles. The molecule has 2 aromatic rings. The van der Waals surface area contributed by atoms with Gasteiger partial charge in [-0.2, -0.15) is 0 Å². The van der Waals surface area contributed by atoms with Crippen LogP contribution in [0.5, 0.6) is 0 Å². The summed E-state index contributed by atoms with van der Waals surface area (Å²) in [5.41, 5.74) is 1.75. The van der Waals surface area contributed by atoms with E-state index >= 15 is 0 Å². The third-order valence-corrected chi connectivity index (χ3v) is 2.94. The monoisotopic (exact) mass is 231 g/mol. The topological polar surface area (TPSA) is 33.5 Å². The molecule has 17 heavy (non-hydrogen) atoms. The fourth-order valence-electron chi connectivity index (χ4n) is 1.95. The van der Waals surface area contributed by atoms with Gasteiger partial charge in [-0.25, -0.2) is 0 Å². The van der Waals surface area contributed by atoms with E-state index in [0.717, 1.165) is 18.7 Å².